The number of hydrogen-bond donors (Lipinski definition) is 1. The van der Waals surface area contributed by atoms with Crippen molar-refractivity contribution in [3.05, 3.63) is 42.1 Å². The summed E-state index contributed by atoms with van der Waals surface area (Å²) < 4.78 is 27.1. The number of sulfonamides is 1. The maximum atomic E-state index is 12.8. The number of fused-ring (bicyclic) bond motifs is 1. The van der Waals surface area contributed by atoms with E-state index in [4.69, 9.17) is 0 Å². The molecule has 0 saturated carbocycles. The molecule has 0 amide bonds. The molecule has 1 saturated heterocycles. The van der Waals surface area contributed by atoms with Gasteiger partial charge in [-0.25, -0.2) is 12.7 Å². The first-order valence-electron chi connectivity index (χ1n) is 7.96. The standard InChI is InChI=1S/C17H22N2O3S/c1-13(20)15-8-4-10-19(11-15)23(21,22)12-16-6-2-5-14-7-3-9-18-17(14)16/h2-3,5-7,9,13,15,20H,4,8,10-12H2,1H3. The lowest BCUT2D eigenvalue weighted by atomic mass is 9.95. The van der Waals surface area contributed by atoms with Crippen LogP contribution in [0.1, 0.15) is 25.3 Å². The number of hydrogen-bond acceptors (Lipinski definition) is 4. The van der Waals surface area contributed by atoms with Crippen LogP contribution < -0.4 is 0 Å². The van der Waals surface area contributed by atoms with Crippen molar-refractivity contribution in [1.29, 1.82) is 0 Å². The van der Waals surface area contributed by atoms with Gasteiger partial charge in [-0.1, -0.05) is 24.3 Å². The van der Waals surface area contributed by atoms with Crippen molar-refractivity contribution in [1.82, 2.24) is 9.29 Å². The van der Waals surface area contributed by atoms with Gasteiger partial charge in [0.15, 0.2) is 0 Å². The van der Waals surface area contributed by atoms with E-state index in [1.165, 1.54) is 4.31 Å². The number of aromatic nitrogens is 1. The highest BCUT2D eigenvalue weighted by Gasteiger charge is 2.31. The lowest BCUT2D eigenvalue weighted by Gasteiger charge is -2.33. The van der Waals surface area contributed by atoms with Gasteiger partial charge in [0, 0.05) is 24.7 Å². The number of piperidine rings is 1. The van der Waals surface area contributed by atoms with Crippen molar-refractivity contribution >= 4 is 20.9 Å². The second-order valence-electron chi connectivity index (χ2n) is 6.25. The molecule has 0 spiro atoms. The molecule has 23 heavy (non-hydrogen) atoms. The minimum Gasteiger partial charge on any atom is -0.393 e. The maximum absolute atomic E-state index is 12.8. The summed E-state index contributed by atoms with van der Waals surface area (Å²) in [4.78, 5) is 4.33. The molecule has 0 aliphatic carbocycles. The number of rotatable bonds is 4. The zero-order valence-corrected chi connectivity index (χ0v) is 14.0. The summed E-state index contributed by atoms with van der Waals surface area (Å²) in [5, 5.41) is 10.7. The molecule has 0 radical (unpaired) electrons. The van der Waals surface area contributed by atoms with Crippen LogP contribution in [0.25, 0.3) is 10.9 Å². The van der Waals surface area contributed by atoms with E-state index in [-0.39, 0.29) is 11.7 Å². The third-order valence-corrected chi connectivity index (χ3v) is 6.34. The molecule has 2 aromatic rings. The van der Waals surface area contributed by atoms with E-state index in [0.29, 0.717) is 13.1 Å². The van der Waals surface area contributed by atoms with Gasteiger partial charge in [0.2, 0.25) is 10.0 Å². The first-order chi connectivity index (χ1) is 11.0. The van der Waals surface area contributed by atoms with Crippen LogP contribution in [0.15, 0.2) is 36.5 Å². The van der Waals surface area contributed by atoms with E-state index in [1.54, 1.807) is 13.1 Å². The molecule has 5 nitrogen and oxygen atoms in total. The third-order valence-electron chi connectivity index (χ3n) is 4.55. The number of nitrogens with zero attached hydrogens (tertiary/aromatic N) is 2. The van der Waals surface area contributed by atoms with E-state index in [9.17, 15) is 13.5 Å². The second kappa shape index (κ2) is 6.55. The summed E-state index contributed by atoms with van der Waals surface area (Å²) in [7, 11) is -3.41. The highest BCUT2D eigenvalue weighted by atomic mass is 32.2. The number of aliphatic hydroxyl groups excluding tert-OH is 1. The minimum absolute atomic E-state index is 0.0177. The molecular formula is C17H22N2O3S. The van der Waals surface area contributed by atoms with Crippen LogP contribution in [0.4, 0.5) is 0 Å². The fraction of sp³-hybridized carbons (Fsp3) is 0.471. The predicted molar refractivity (Wildman–Crippen MR) is 90.3 cm³/mol. The Kier molecular flexibility index (Phi) is 4.66. The van der Waals surface area contributed by atoms with Gasteiger partial charge in [-0.2, -0.15) is 0 Å². The molecule has 1 aliphatic heterocycles. The van der Waals surface area contributed by atoms with Crippen LogP contribution in [0.3, 0.4) is 0 Å². The molecule has 2 atom stereocenters. The second-order valence-corrected chi connectivity index (χ2v) is 8.22. The number of para-hydroxylation sites is 1. The SMILES string of the molecule is CC(O)C1CCCN(S(=O)(=O)Cc2cccc3cccnc23)C1. The molecular weight excluding hydrogens is 312 g/mol. The van der Waals surface area contributed by atoms with E-state index >= 15 is 0 Å². The average molecular weight is 334 g/mol. The van der Waals surface area contributed by atoms with Crippen LogP contribution in [0.5, 0.6) is 0 Å². The zero-order valence-electron chi connectivity index (χ0n) is 13.2. The molecule has 1 aliphatic rings. The fourth-order valence-electron chi connectivity index (χ4n) is 3.19. The van der Waals surface area contributed by atoms with Gasteiger partial charge in [-0.15, -0.1) is 0 Å². The molecule has 1 N–H and O–H groups in total. The Morgan fingerprint density at radius 3 is 2.91 bits per heavy atom. The third kappa shape index (κ3) is 3.54. The van der Waals surface area contributed by atoms with Gasteiger partial charge in [0.05, 0.1) is 17.4 Å². The topological polar surface area (TPSA) is 70.5 Å². The van der Waals surface area contributed by atoms with Gasteiger partial charge in [0.25, 0.3) is 0 Å². The van der Waals surface area contributed by atoms with Crippen LogP contribution in [0, 0.1) is 5.92 Å². The first-order valence-corrected chi connectivity index (χ1v) is 9.57. The van der Waals surface area contributed by atoms with E-state index < -0.39 is 16.1 Å². The summed E-state index contributed by atoms with van der Waals surface area (Å²) in [6.45, 7) is 2.66. The number of pyridine rings is 1. The van der Waals surface area contributed by atoms with Crippen LogP contribution in [0.2, 0.25) is 0 Å². The Labute approximate surface area is 137 Å². The Hall–Kier alpha value is -1.50. The van der Waals surface area contributed by atoms with E-state index in [1.807, 2.05) is 30.3 Å². The Balaban J connectivity index is 1.85. The molecule has 1 aromatic heterocycles. The Morgan fingerprint density at radius 2 is 2.13 bits per heavy atom. The van der Waals surface area contributed by atoms with Gasteiger partial charge in [-0.3, -0.25) is 4.98 Å². The van der Waals surface area contributed by atoms with Crippen molar-refractivity contribution in [3.63, 3.8) is 0 Å². The van der Waals surface area contributed by atoms with Crippen LogP contribution in [-0.2, 0) is 15.8 Å². The van der Waals surface area contributed by atoms with E-state index in [2.05, 4.69) is 4.98 Å². The lowest BCUT2D eigenvalue weighted by Crippen LogP contribution is -2.43. The summed E-state index contributed by atoms with van der Waals surface area (Å²) in [6, 6.07) is 9.40. The quantitative estimate of drug-likeness (QED) is 0.930. The summed E-state index contributed by atoms with van der Waals surface area (Å²) in [6.07, 6.45) is 2.87. The molecule has 124 valence electrons. The zero-order chi connectivity index (χ0) is 16.4. The van der Waals surface area contributed by atoms with Gasteiger partial charge >= 0.3 is 0 Å². The van der Waals surface area contributed by atoms with Gasteiger partial charge < -0.3 is 5.11 Å². The minimum atomic E-state index is -3.41. The molecule has 2 unspecified atom stereocenters. The van der Waals surface area contributed by atoms with Crippen molar-refractivity contribution in [2.45, 2.75) is 31.6 Å². The van der Waals surface area contributed by atoms with Gasteiger partial charge in [0.1, 0.15) is 0 Å². The summed E-state index contributed by atoms with van der Waals surface area (Å²) in [5.41, 5.74) is 1.46. The predicted octanol–water partition coefficient (Wildman–Crippen LogP) is 2.16. The Bertz CT molecular complexity index is 784. The first kappa shape index (κ1) is 16.4. The molecule has 3 rings (SSSR count). The average Bonchev–Trinajstić information content (AvgIpc) is 2.55. The van der Waals surface area contributed by atoms with Gasteiger partial charge in [-0.05, 0) is 37.3 Å². The highest BCUT2D eigenvalue weighted by molar-refractivity contribution is 7.88. The number of aliphatic hydroxyl groups is 1. The molecule has 6 heteroatoms. The van der Waals surface area contributed by atoms with E-state index in [0.717, 1.165) is 29.3 Å². The number of benzene rings is 1. The Morgan fingerprint density at radius 1 is 1.35 bits per heavy atom. The monoisotopic (exact) mass is 334 g/mol. The lowest BCUT2D eigenvalue weighted by molar-refractivity contribution is 0.0885. The van der Waals surface area contributed by atoms with Crippen LogP contribution in [-0.4, -0.2) is 42.0 Å². The maximum Gasteiger partial charge on any atom is 0.218 e. The summed E-state index contributed by atoms with van der Waals surface area (Å²) >= 11 is 0. The normalized spacial score (nSPS) is 21.4. The van der Waals surface area contributed by atoms with Crippen molar-refractivity contribution in [2.75, 3.05) is 13.1 Å². The molecule has 1 fully saturated rings. The van der Waals surface area contributed by atoms with Crippen LogP contribution >= 0.6 is 0 Å². The molecule has 0 bridgehead atoms. The highest BCUT2D eigenvalue weighted by Crippen LogP contribution is 2.25. The van der Waals surface area contributed by atoms with Crippen molar-refractivity contribution < 1.29 is 13.5 Å². The van der Waals surface area contributed by atoms with Crippen molar-refractivity contribution in [3.8, 4) is 0 Å². The largest absolute Gasteiger partial charge is 0.393 e. The molecule has 1 aromatic carbocycles. The van der Waals surface area contributed by atoms with Crippen molar-refractivity contribution in [2.24, 2.45) is 5.92 Å². The fourth-order valence-corrected chi connectivity index (χ4v) is 4.83. The summed E-state index contributed by atoms with van der Waals surface area (Å²) in [5.74, 6) is -0.0300. The smallest absolute Gasteiger partial charge is 0.218 e. The molecule has 2 heterocycles.